The predicted octanol–water partition coefficient (Wildman–Crippen LogP) is 5.38. The first-order chi connectivity index (χ1) is 15.3. The van der Waals surface area contributed by atoms with E-state index >= 15 is 0 Å². The lowest BCUT2D eigenvalue weighted by Crippen LogP contribution is -2.41. The second-order valence-electron chi connectivity index (χ2n) is 7.64. The van der Waals surface area contributed by atoms with E-state index in [-0.39, 0.29) is 29.0 Å². The standard InChI is InChI=1S/C25H21ClN4O/c1-31-25-28-15-13-19(30-25)23-20(16-8-4-2-5-9-16)22(18-12-14-27-24(26)29-18)21(23)17-10-6-3-7-11-17/h2-15,20-23H,1H3/t20-,21-,22-,23-/m1/s1. The third-order valence-electron chi connectivity index (χ3n) is 6.08. The molecular weight excluding hydrogens is 408 g/mol. The third-order valence-corrected chi connectivity index (χ3v) is 6.27. The number of aromatic nitrogens is 4. The molecule has 31 heavy (non-hydrogen) atoms. The Balaban J connectivity index is 1.69. The van der Waals surface area contributed by atoms with E-state index in [2.05, 4.69) is 63.5 Å². The molecule has 2 atom stereocenters. The van der Waals surface area contributed by atoms with Crippen LogP contribution in [0.1, 0.15) is 46.2 Å². The summed E-state index contributed by atoms with van der Waals surface area (Å²) in [6, 6.07) is 25.4. The van der Waals surface area contributed by atoms with Crippen molar-refractivity contribution in [1.29, 1.82) is 0 Å². The van der Waals surface area contributed by atoms with Crippen LogP contribution in [0.2, 0.25) is 5.28 Å². The number of hydrogen-bond donors (Lipinski definition) is 0. The average Bonchev–Trinajstić information content (AvgIpc) is 2.80. The highest BCUT2D eigenvalue weighted by atomic mass is 35.5. The van der Waals surface area contributed by atoms with Gasteiger partial charge >= 0.3 is 6.01 Å². The van der Waals surface area contributed by atoms with Gasteiger partial charge in [-0.15, -0.1) is 0 Å². The van der Waals surface area contributed by atoms with Gasteiger partial charge < -0.3 is 4.74 Å². The molecule has 5 rings (SSSR count). The molecule has 0 unspecified atom stereocenters. The Labute approximate surface area is 186 Å². The Kier molecular flexibility index (Phi) is 5.35. The molecule has 6 heteroatoms. The minimum atomic E-state index is 0.135. The topological polar surface area (TPSA) is 60.8 Å². The highest BCUT2D eigenvalue weighted by Crippen LogP contribution is 2.65. The normalized spacial score (nSPS) is 22.5. The van der Waals surface area contributed by atoms with Crippen LogP contribution < -0.4 is 4.74 Å². The number of nitrogens with zero attached hydrogens (tertiary/aromatic N) is 4. The van der Waals surface area contributed by atoms with Crippen LogP contribution in [-0.2, 0) is 0 Å². The minimum absolute atomic E-state index is 0.135. The van der Waals surface area contributed by atoms with Gasteiger partial charge in [0.2, 0.25) is 5.28 Å². The smallest absolute Gasteiger partial charge is 0.316 e. The van der Waals surface area contributed by atoms with Gasteiger partial charge in [0.1, 0.15) is 0 Å². The fraction of sp³-hybridized carbons (Fsp3) is 0.200. The van der Waals surface area contributed by atoms with E-state index in [0.717, 1.165) is 11.4 Å². The fourth-order valence-electron chi connectivity index (χ4n) is 4.84. The van der Waals surface area contributed by atoms with Crippen molar-refractivity contribution in [2.24, 2.45) is 0 Å². The molecule has 0 spiro atoms. The van der Waals surface area contributed by atoms with Crippen LogP contribution in [0.3, 0.4) is 0 Å². The Morgan fingerprint density at radius 2 is 1.16 bits per heavy atom. The molecule has 154 valence electrons. The SMILES string of the molecule is COc1nccc([C@H]2[C@H](c3ccccc3)[C@H](c3ccnc(Cl)n3)[C@H]2c2ccccc2)n1. The zero-order chi connectivity index (χ0) is 21.2. The molecule has 0 bridgehead atoms. The quantitative estimate of drug-likeness (QED) is 0.399. The zero-order valence-electron chi connectivity index (χ0n) is 17.0. The van der Waals surface area contributed by atoms with E-state index in [1.807, 2.05) is 24.3 Å². The van der Waals surface area contributed by atoms with Crippen molar-refractivity contribution in [3.8, 4) is 6.01 Å². The van der Waals surface area contributed by atoms with Gasteiger partial charge in [-0.2, -0.15) is 4.98 Å². The molecule has 0 amide bonds. The Hall–Kier alpha value is -3.31. The largest absolute Gasteiger partial charge is 0.467 e. The summed E-state index contributed by atoms with van der Waals surface area (Å²) in [7, 11) is 1.59. The molecule has 0 radical (unpaired) electrons. The Morgan fingerprint density at radius 1 is 0.645 bits per heavy atom. The summed E-state index contributed by atoms with van der Waals surface area (Å²) in [6.07, 6.45) is 3.50. The number of methoxy groups -OCH3 is 1. The summed E-state index contributed by atoms with van der Waals surface area (Å²) >= 11 is 6.19. The van der Waals surface area contributed by atoms with Crippen LogP contribution in [0, 0.1) is 0 Å². The van der Waals surface area contributed by atoms with E-state index in [0.29, 0.717) is 6.01 Å². The van der Waals surface area contributed by atoms with Crippen molar-refractivity contribution >= 4 is 11.6 Å². The van der Waals surface area contributed by atoms with E-state index in [1.165, 1.54) is 11.1 Å². The highest BCUT2D eigenvalue weighted by molar-refractivity contribution is 6.28. The van der Waals surface area contributed by atoms with Crippen molar-refractivity contribution in [3.63, 3.8) is 0 Å². The minimum Gasteiger partial charge on any atom is -0.467 e. The van der Waals surface area contributed by atoms with Crippen molar-refractivity contribution in [1.82, 2.24) is 19.9 Å². The Bertz CT molecular complexity index is 1120. The number of rotatable bonds is 5. The third kappa shape index (κ3) is 3.66. The molecule has 1 fully saturated rings. The monoisotopic (exact) mass is 428 g/mol. The molecule has 5 nitrogen and oxygen atoms in total. The van der Waals surface area contributed by atoms with E-state index in [4.69, 9.17) is 21.3 Å². The van der Waals surface area contributed by atoms with Gasteiger partial charge in [-0.1, -0.05) is 60.7 Å². The van der Waals surface area contributed by atoms with E-state index in [1.54, 1.807) is 19.5 Å². The van der Waals surface area contributed by atoms with Gasteiger partial charge in [0, 0.05) is 41.8 Å². The van der Waals surface area contributed by atoms with E-state index < -0.39 is 0 Å². The van der Waals surface area contributed by atoms with Gasteiger partial charge in [0.05, 0.1) is 12.8 Å². The second kappa shape index (κ2) is 8.44. The molecule has 0 N–H and O–H groups in total. The molecule has 1 saturated carbocycles. The van der Waals surface area contributed by atoms with Crippen LogP contribution >= 0.6 is 11.6 Å². The first kappa shape index (κ1) is 19.6. The second-order valence-corrected chi connectivity index (χ2v) is 7.98. The van der Waals surface area contributed by atoms with Crippen LogP contribution in [0.4, 0.5) is 0 Å². The zero-order valence-corrected chi connectivity index (χ0v) is 17.7. The average molecular weight is 429 g/mol. The molecule has 1 aliphatic carbocycles. The first-order valence-electron chi connectivity index (χ1n) is 10.2. The predicted molar refractivity (Wildman–Crippen MR) is 119 cm³/mol. The van der Waals surface area contributed by atoms with Crippen molar-refractivity contribution in [2.45, 2.75) is 23.7 Å². The molecule has 2 heterocycles. The lowest BCUT2D eigenvalue weighted by atomic mass is 9.50. The summed E-state index contributed by atoms with van der Waals surface area (Å²) in [4.78, 5) is 17.6. The van der Waals surface area contributed by atoms with Crippen LogP contribution in [0.5, 0.6) is 6.01 Å². The van der Waals surface area contributed by atoms with Crippen LogP contribution in [-0.4, -0.2) is 27.0 Å². The van der Waals surface area contributed by atoms with Crippen molar-refractivity contribution in [2.75, 3.05) is 7.11 Å². The summed E-state index contributed by atoms with van der Waals surface area (Å²) in [5.74, 6) is 0.630. The molecule has 1 aliphatic rings. The number of ether oxygens (including phenoxy) is 1. The number of benzene rings is 2. The van der Waals surface area contributed by atoms with Crippen LogP contribution in [0.15, 0.2) is 85.2 Å². The summed E-state index contributed by atoms with van der Waals surface area (Å²) in [5, 5.41) is 0.267. The van der Waals surface area contributed by atoms with Gasteiger partial charge in [-0.05, 0) is 34.9 Å². The van der Waals surface area contributed by atoms with Gasteiger partial charge in [-0.3, -0.25) is 0 Å². The van der Waals surface area contributed by atoms with Crippen molar-refractivity contribution in [3.05, 3.63) is 113 Å². The lowest BCUT2D eigenvalue weighted by molar-refractivity contribution is 0.218. The summed E-state index contributed by atoms with van der Waals surface area (Å²) < 4.78 is 5.32. The first-order valence-corrected chi connectivity index (χ1v) is 10.6. The van der Waals surface area contributed by atoms with Gasteiger partial charge in [0.15, 0.2) is 0 Å². The lowest BCUT2D eigenvalue weighted by Gasteiger charge is -2.52. The molecule has 0 saturated heterocycles. The van der Waals surface area contributed by atoms with Crippen molar-refractivity contribution < 1.29 is 4.74 Å². The highest BCUT2D eigenvalue weighted by Gasteiger charge is 2.54. The summed E-state index contributed by atoms with van der Waals surface area (Å²) in [6.45, 7) is 0. The molecule has 2 aromatic heterocycles. The van der Waals surface area contributed by atoms with Gasteiger partial charge in [-0.25, -0.2) is 15.0 Å². The maximum Gasteiger partial charge on any atom is 0.316 e. The molecular formula is C25H21ClN4O. The molecule has 0 aliphatic heterocycles. The van der Waals surface area contributed by atoms with E-state index in [9.17, 15) is 0 Å². The van der Waals surface area contributed by atoms with Crippen LogP contribution in [0.25, 0.3) is 0 Å². The maximum absolute atomic E-state index is 6.19. The Morgan fingerprint density at radius 3 is 1.68 bits per heavy atom. The number of hydrogen-bond acceptors (Lipinski definition) is 5. The summed E-state index contributed by atoms with van der Waals surface area (Å²) in [5.41, 5.74) is 4.40. The maximum atomic E-state index is 6.19. The molecule has 4 aromatic rings. The fourth-order valence-corrected chi connectivity index (χ4v) is 4.99. The number of halogens is 1. The molecule has 2 aromatic carbocycles. The van der Waals surface area contributed by atoms with Gasteiger partial charge in [0.25, 0.3) is 0 Å².